The molecule has 1 heterocycles. The lowest BCUT2D eigenvalue weighted by molar-refractivity contribution is 0.156. The molecule has 0 aliphatic carbocycles. The van der Waals surface area contributed by atoms with E-state index in [4.69, 9.17) is 0 Å². The molecule has 0 saturated carbocycles. The summed E-state index contributed by atoms with van der Waals surface area (Å²) in [7, 11) is 4.03. The van der Waals surface area contributed by atoms with E-state index in [1.54, 1.807) is 0 Å². The molecule has 0 bridgehead atoms. The molecule has 1 aliphatic heterocycles. The van der Waals surface area contributed by atoms with Gasteiger partial charge in [-0.2, -0.15) is 0 Å². The van der Waals surface area contributed by atoms with Crippen LogP contribution in [0.1, 0.15) is 39.2 Å². The number of nitrogens with zero attached hydrogens (tertiary/aromatic N) is 2. The quantitative estimate of drug-likeness (QED) is 0.907. The molecule has 4 nitrogen and oxygen atoms in total. The average Bonchev–Trinajstić information content (AvgIpc) is 2.47. The van der Waals surface area contributed by atoms with E-state index in [1.165, 1.54) is 5.56 Å². The van der Waals surface area contributed by atoms with Crippen molar-refractivity contribution in [3.63, 3.8) is 0 Å². The lowest BCUT2D eigenvalue weighted by atomic mass is 9.87. The maximum Gasteiger partial charge on any atom is 0.321 e. The second-order valence-electron chi connectivity index (χ2n) is 7.40. The van der Waals surface area contributed by atoms with Crippen LogP contribution in [0.4, 0.5) is 10.5 Å². The van der Waals surface area contributed by atoms with Gasteiger partial charge in [0.2, 0.25) is 0 Å². The van der Waals surface area contributed by atoms with Crippen LogP contribution in [-0.4, -0.2) is 49.1 Å². The Kier molecular flexibility index (Phi) is 5.12. The van der Waals surface area contributed by atoms with Gasteiger partial charge in [-0.25, -0.2) is 4.79 Å². The van der Waals surface area contributed by atoms with Crippen LogP contribution in [-0.2, 0) is 5.41 Å². The molecule has 1 N–H and O–H groups in total. The molecular weight excluding hydrogens is 274 g/mol. The van der Waals surface area contributed by atoms with Crippen LogP contribution in [0.3, 0.4) is 0 Å². The summed E-state index contributed by atoms with van der Waals surface area (Å²) in [6, 6.07) is 8.47. The Bertz CT molecular complexity index is 496. The Hall–Kier alpha value is -1.55. The number of carbonyl (C=O) groups excluding carboxylic acids is 1. The van der Waals surface area contributed by atoms with Gasteiger partial charge in [-0.15, -0.1) is 0 Å². The van der Waals surface area contributed by atoms with Crippen LogP contribution < -0.4 is 5.32 Å². The molecule has 0 aromatic heterocycles. The predicted molar refractivity (Wildman–Crippen MR) is 92.4 cm³/mol. The van der Waals surface area contributed by atoms with Crippen molar-refractivity contribution in [1.29, 1.82) is 0 Å². The second kappa shape index (κ2) is 6.69. The molecule has 1 aliphatic rings. The maximum atomic E-state index is 12.4. The van der Waals surface area contributed by atoms with E-state index in [1.807, 2.05) is 24.1 Å². The van der Waals surface area contributed by atoms with Crippen LogP contribution >= 0.6 is 0 Å². The lowest BCUT2D eigenvalue weighted by Crippen LogP contribution is -2.46. The summed E-state index contributed by atoms with van der Waals surface area (Å²) < 4.78 is 0. The number of hydrogen-bond donors (Lipinski definition) is 1. The van der Waals surface area contributed by atoms with E-state index in [-0.39, 0.29) is 11.4 Å². The van der Waals surface area contributed by atoms with Crippen LogP contribution in [0.5, 0.6) is 0 Å². The van der Waals surface area contributed by atoms with Crippen LogP contribution in [0.15, 0.2) is 24.3 Å². The molecule has 2 amide bonds. The summed E-state index contributed by atoms with van der Waals surface area (Å²) in [6.45, 7) is 8.68. The summed E-state index contributed by atoms with van der Waals surface area (Å²) in [4.78, 5) is 16.5. The van der Waals surface area contributed by atoms with E-state index >= 15 is 0 Å². The first-order valence-electron chi connectivity index (χ1n) is 8.10. The molecule has 1 saturated heterocycles. The van der Waals surface area contributed by atoms with Gasteiger partial charge in [-0.1, -0.05) is 32.9 Å². The Morgan fingerprint density at radius 1 is 1.18 bits per heavy atom. The van der Waals surface area contributed by atoms with Crippen molar-refractivity contribution in [2.24, 2.45) is 0 Å². The first kappa shape index (κ1) is 16.8. The van der Waals surface area contributed by atoms with E-state index in [2.05, 4.69) is 50.2 Å². The highest BCUT2D eigenvalue weighted by Gasteiger charge is 2.24. The third kappa shape index (κ3) is 4.23. The van der Waals surface area contributed by atoms with Crippen molar-refractivity contribution < 1.29 is 4.79 Å². The molecule has 0 atom stereocenters. The molecule has 2 rings (SSSR count). The second-order valence-corrected chi connectivity index (χ2v) is 7.40. The fourth-order valence-corrected chi connectivity index (χ4v) is 2.81. The first-order chi connectivity index (χ1) is 10.3. The summed E-state index contributed by atoms with van der Waals surface area (Å²) in [5, 5.41) is 3.00. The number of rotatable bonds is 2. The standard InChI is InChI=1S/C18H29N3O/c1-18(2,3)14-6-8-15(9-7-14)19-17(22)21(5)16-10-12-20(4)13-11-16/h6-9,16H,10-13H2,1-5H3,(H,19,22). The Morgan fingerprint density at radius 3 is 2.23 bits per heavy atom. The van der Waals surface area contributed by atoms with Crippen molar-refractivity contribution >= 4 is 11.7 Å². The van der Waals surface area contributed by atoms with Gasteiger partial charge < -0.3 is 15.1 Å². The monoisotopic (exact) mass is 303 g/mol. The number of amides is 2. The van der Waals surface area contributed by atoms with Gasteiger partial charge in [0.05, 0.1) is 0 Å². The van der Waals surface area contributed by atoms with Gasteiger partial charge in [0.15, 0.2) is 0 Å². The topological polar surface area (TPSA) is 35.6 Å². The number of urea groups is 1. The Balaban J connectivity index is 1.94. The molecule has 122 valence electrons. The molecule has 1 aromatic rings. The number of benzene rings is 1. The zero-order chi connectivity index (χ0) is 16.3. The van der Waals surface area contributed by atoms with E-state index in [9.17, 15) is 4.79 Å². The highest BCUT2D eigenvalue weighted by atomic mass is 16.2. The van der Waals surface area contributed by atoms with Crippen molar-refractivity contribution in [3.8, 4) is 0 Å². The van der Waals surface area contributed by atoms with E-state index in [0.717, 1.165) is 31.6 Å². The van der Waals surface area contributed by atoms with Crippen LogP contribution in [0, 0.1) is 0 Å². The fraction of sp³-hybridized carbons (Fsp3) is 0.611. The predicted octanol–water partition coefficient (Wildman–Crippen LogP) is 3.54. The zero-order valence-electron chi connectivity index (χ0n) is 14.5. The van der Waals surface area contributed by atoms with Gasteiger partial charge in [0.25, 0.3) is 0 Å². The Labute approximate surface area is 134 Å². The molecule has 0 spiro atoms. The molecule has 0 unspecified atom stereocenters. The minimum Gasteiger partial charge on any atom is -0.325 e. The molecule has 1 aromatic carbocycles. The van der Waals surface area contributed by atoms with E-state index < -0.39 is 0 Å². The largest absolute Gasteiger partial charge is 0.325 e. The van der Waals surface area contributed by atoms with Crippen molar-refractivity contribution in [3.05, 3.63) is 29.8 Å². The third-order valence-electron chi connectivity index (χ3n) is 4.56. The average molecular weight is 303 g/mol. The van der Waals surface area contributed by atoms with Gasteiger partial charge in [0.1, 0.15) is 0 Å². The highest BCUT2D eigenvalue weighted by molar-refractivity contribution is 5.89. The Morgan fingerprint density at radius 2 is 1.73 bits per heavy atom. The van der Waals surface area contributed by atoms with Crippen LogP contribution in [0.2, 0.25) is 0 Å². The van der Waals surface area contributed by atoms with Crippen molar-refractivity contribution in [1.82, 2.24) is 9.80 Å². The number of nitrogens with one attached hydrogen (secondary N) is 1. The normalized spacial score (nSPS) is 17.3. The minimum atomic E-state index is -0.0157. The van der Waals surface area contributed by atoms with Crippen molar-refractivity contribution in [2.75, 3.05) is 32.5 Å². The first-order valence-corrected chi connectivity index (χ1v) is 8.10. The lowest BCUT2D eigenvalue weighted by Gasteiger charge is -2.35. The molecule has 22 heavy (non-hydrogen) atoms. The van der Waals surface area contributed by atoms with Gasteiger partial charge in [-0.3, -0.25) is 0 Å². The number of carbonyl (C=O) groups is 1. The number of anilines is 1. The summed E-state index contributed by atoms with van der Waals surface area (Å²) in [6.07, 6.45) is 2.09. The number of piperidine rings is 1. The van der Waals surface area contributed by atoms with Gasteiger partial charge in [0, 0.05) is 18.8 Å². The number of likely N-dealkylation sites (tertiary alicyclic amines) is 1. The summed E-state index contributed by atoms with van der Waals surface area (Å²) >= 11 is 0. The van der Waals surface area contributed by atoms with Crippen molar-refractivity contribution in [2.45, 2.75) is 45.1 Å². The third-order valence-corrected chi connectivity index (χ3v) is 4.56. The smallest absolute Gasteiger partial charge is 0.321 e. The maximum absolute atomic E-state index is 12.4. The summed E-state index contributed by atoms with van der Waals surface area (Å²) in [5.74, 6) is 0. The zero-order valence-corrected chi connectivity index (χ0v) is 14.5. The summed E-state index contributed by atoms with van der Waals surface area (Å²) in [5.41, 5.74) is 2.26. The SMILES string of the molecule is CN1CCC(N(C)C(=O)Nc2ccc(C(C)(C)C)cc2)CC1. The molecule has 4 heteroatoms. The van der Waals surface area contributed by atoms with E-state index in [0.29, 0.717) is 6.04 Å². The fourth-order valence-electron chi connectivity index (χ4n) is 2.81. The van der Waals surface area contributed by atoms with Gasteiger partial charge in [-0.05, 0) is 56.1 Å². The molecule has 1 fully saturated rings. The molecule has 0 radical (unpaired) electrons. The van der Waals surface area contributed by atoms with Gasteiger partial charge >= 0.3 is 6.03 Å². The van der Waals surface area contributed by atoms with Crippen LogP contribution in [0.25, 0.3) is 0 Å². The highest BCUT2D eigenvalue weighted by Crippen LogP contribution is 2.23. The number of hydrogen-bond acceptors (Lipinski definition) is 2. The minimum absolute atomic E-state index is 0.0157. The molecular formula is C18H29N3O.